The highest BCUT2D eigenvalue weighted by atomic mass is 19.1. The Kier molecular flexibility index (Phi) is 4.31. The van der Waals surface area contributed by atoms with Crippen molar-refractivity contribution in [3.05, 3.63) is 54.0 Å². The molecule has 130 valence electrons. The van der Waals surface area contributed by atoms with Crippen LogP contribution in [0.5, 0.6) is 0 Å². The second kappa shape index (κ2) is 6.76. The number of likely N-dealkylation sites (tertiary alicyclic amines) is 1. The van der Waals surface area contributed by atoms with Gasteiger partial charge in [-0.05, 0) is 38.1 Å². The molecule has 1 aliphatic rings. The number of aromatic amines is 1. The lowest BCUT2D eigenvalue weighted by atomic mass is 9.95. The van der Waals surface area contributed by atoms with Crippen molar-refractivity contribution in [3.63, 3.8) is 0 Å². The number of rotatable bonds is 4. The van der Waals surface area contributed by atoms with Crippen LogP contribution in [0.2, 0.25) is 0 Å². The fourth-order valence-electron chi connectivity index (χ4n) is 3.58. The zero-order valence-corrected chi connectivity index (χ0v) is 14.2. The molecule has 0 aliphatic carbocycles. The van der Waals surface area contributed by atoms with E-state index in [-0.39, 0.29) is 5.82 Å². The van der Waals surface area contributed by atoms with Crippen LogP contribution in [0.3, 0.4) is 0 Å². The maximum absolute atomic E-state index is 14.1. The summed E-state index contributed by atoms with van der Waals surface area (Å²) >= 11 is 0. The fraction of sp³-hybridized carbons (Fsp3) is 0.389. The molecule has 0 bridgehead atoms. The second-order valence-electron chi connectivity index (χ2n) is 6.60. The zero-order chi connectivity index (χ0) is 17.2. The summed E-state index contributed by atoms with van der Waals surface area (Å²) in [6.45, 7) is 2.74. The Labute approximate surface area is 145 Å². The Bertz CT molecular complexity index is 847. The number of piperidine rings is 1. The lowest BCUT2D eigenvalue weighted by Crippen LogP contribution is -2.33. The number of nitrogens with zero attached hydrogens (tertiary/aromatic N) is 5. The summed E-state index contributed by atoms with van der Waals surface area (Å²) < 4.78 is 16.1. The van der Waals surface area contributed by atoms with Crippen LogP contribution in [-0.2, 0) is 13.6 Å². The Morgan fingerprint density at radius 3 is 2.76 bits per heavy atom. The summed E-state index contributed by atoms with van der Waals surface area (Å²) in [5.74, 6) is 1.29. The van der Waals surface area contributed by atoms with Crippen LogP contribution in [-0.4, -0.2) is 43.0 Å². The van der Waals surface area contributed by atoms with Gasteiger partial charge in [-0.25, -0.2) is 4.39 Å². The van der Waals surface area contributed by atoms with Crippen molar-refractivity contribution in [2.75, 3.05) is 13.1 Å². The maximum Gasteiger partial charge on any atom is 0.135 e. The van der Waals surface area contributed by atoms with Crippen molar-refractivity contribution in [1.82, 2.24) is 29.9 Å². The molecule has 6 nitrogen and oxygen atoms in total. The predicted molar refractivity (Wildman–Crippen MR) is 92.2 cm³/mol. The van der Waals surface area contributed by atoms with Gasteiger partial charge in [0.25, 0.3) is 0 Å². The van der Waals surface area contributed by atoms with Gasteiger partial charge in [-0.3, -0.25) is 10.00 Å². The van der Waals surface area contributed by atoms with E-state index in [0.717, 1.165) is 49.6 Å². The van der Waals surface area contributed by atoms with Crippen molar-refractivity contribution >= 4 is 0 Å². The van der Waals surface area contributed by atoms with Crippen LogP contribution in [0.15, 0.2) is 36.8 Å². The van der Waals surface area contributed by atoms with Crippen LogP contribution in [0.25, 0.3) is 11.3 Å². The van der Waals surface area contributed by atoms with Crippen LogP contribution in [0.4, 0.5) is 4.39 Å². The predicted octanol–water partition coefficient (Wildman–Crippen LogP) is 2.72. The SMILES string of the molecule is Cn1cnnc1C1CCN(Cc2cn[nH]c2-c2ccccc2F)CC1. The topological polar surface area (TPSA) is 62.6 Å². The highest BCUT2D eigenvalue weighted by Crippen LogP contribution is 2.29. The van der Waals surface area contributed by atoms with Gasteiger partial charge >= 0.3 is 0 Å². The molecule has 0 radical (unpaired) electrons. The Morgan fingerprint density at radius 1 is 1.24 bits per heavy atom. The van der Waals surface area contributed by atoms with Gasteiger partial charge in [0.1, 0.15) is 18.0 Å². The van der Waals surface area contributed by atoms with Gasteiger partial charge < -0.3 is 4.57 Å². The van der Waals surface area contributed by atoms with E-state index in [1.165, 1.54) is 6.07 Å². The molecule has 25 heavy (non-hydrogen) atoms. The average molecular weight is 340 g/mol. The van der Waals surface area contributed by atoms with Crippen LogP contribution >= 0.6 is 0 Å². The molecule has 1 saturated heterocycles. The smallest absolute Gasteiger partial charge is 0.135 e. The molecule has 2 aromatic heterocycles. The van der Waals surface area contributed by atoms with E-state index < -0.39 is 0 Å². The molecular weight excluding hydrogens is 319 g/mol. The van der Waals surface area contributed by atoms with E-state index in [1.807, 2.05) is 17.7 Å². The molecule has 0 unspecified atom stereocenters. The molecule has 1 N–H and O–H groups in total. The first-order valence-corrected chi connectivity index (χ1v) is 8.56. The second-order valence-corrected chi connectivity index (χ2v) is 6.60. The van der Waals surface area contributed by atoms with E-state index >= 15 is 0 Å². The van der Waals surface area contributed by atoms with Gasteiger partial charge in [-0.15, -0.1) is 10.2 Å². The molecule has 3 heterocycles. The zero-order valence-electron chi connectivity index (χ0n) is 14.2. The fourth-order valence-corrected chi connectivity index (χ4v) is 3.58. The Balaban J connectivity index is 1.44. The van der Waals surface area contributed by atoms with Crippen LogP contribution in [0, 0.1) is 5.82 Å². The molecule has 0 amide bonds. The normalized spacial score (nSPS) is 16.4. The first-order chi connectivity index (χ1) is 12.2. The Morgan fingerprint density at radius 2 is 2.04 bits per heavy atom. The highest BCUT2D eigenvalue weighted by molar-refractivity contribution is 5.63. The van der Waals surface area contributed by atoms with Gasteiger partial charge in [-0.1, -0.05) is 12.1 Å². The molecule has 4 rings (SSSR count). The van der Waals surface area contributed by atoms with Gasteiger partial charge in [0.15, 0.2) is 0 Å². The van der Waals surface area contributed by atoms with Gasteiger partial charge in [-0.2, -0.15) is 5.10 Å². The minimum absolute atomic E-state index is 0.228. The molecule has 0 saturated carbocycles. The van der Waals surface area contributed by atoms with Crippen molar-refractivity contribution in [3.8, 4) is 11.3 Å². The third-order valence-electron chi connectivity index (χ3n) is 4.95. The molecule has 1 aromatic carbocycles. The van der Waals surface area contributed by atoms with Crippen molar-refractivity contribution in [2.24, 2.45) is 7.05 Å². The van der Waals surface area contributed by atoms with E-state index in [0.29, 0.717) is 11.5 Å². The van der Waals surface area contributed by atoms with Gasteiger partial charge in [0.05, 0.1) is 11.9 Å². The molecule has 3 aromatic rings. The number of benzene rings is 1. The number of halogens is 1. The number of hydrogen-bond donors (Lipinski definition) is 1. The molecule has 7 heteroatoms. The maximum atomic E-state index is 14.1. The number of aryl methyl sites for hydroxylation is 1. The summed E-state index contributed by atoms with van der Waals surface area (Å²) in [7, 11) is 1.99. The van der Waals surface area contributed by atoms with E-state index in [1.54, 1.807) is 24.7 Å². The number of aromatic nitrogens is 5. The average Bonchev–Trinajstić information content (AvgIpc) is 3.25. The lowest BCUT2D eigenvalue weighted by molar-refractivity contribution is 0.200. The van der Waals surface area contributed by atoms with Crippen molar-refractivity contribution in [1.29, 1.82) is 0 Å². The quantitative estimate of drug-likeness (QED) is 0.793. The third-order valence-corrected chi connectivity index (χ3v) is 4.95. The van der Waals surface area contributed by atoms with Crippen molar-refractivity contribution < 1.29 is 4.39 Å². The summed E-state index contributed by atoms with van der Waals surface area (Å²) in [5, 5.41) is 15.3. The summed E-state index contributed by atoms with van der Waals surface area (Å²) in [5.41, 5.74) is 2.37. The first-order valence-electron chi connectivity index (χ1n) is 8.56. The summed E-state index contributed by atoms with van der Waals surface area (Å²) in [6.07, 6.45) is 5.67. The minimum Gasteiger partial charge on any atom is -0.320 e. The molecule has 0 spiro atoms. The van der Waals surface area contributed by atoms with Crippen molar-refractivity contribution in [2.45, 2.75) is 25.3 Å². The molecule has 1 fully saturated rings. The number of hydrogen-bond acceptors (Lipinski definition) is 4. The van der Waals surface area contributed by atoms with Crippen LogP contribution in [0.1, 0.15) is 30.1 Å². The molecule has 0 atom stereocenters. The molecule has 1 aliphatic heterocycles. The van der Waals surface area contributed by atoms with Gasteiger partial charge in [0.2, 0.25) is 0 Å². The summed E-state index contributed by atoms with van der Waals surface area (Å²) in [4.78, 5) is 2.39. The van der Waals surface area contributed by atoms with Crippen LogP contribution < -0.4 is 0 Å². The largest absolute Gasteiger partial charge is 0.320 e. The Hall–Kier alpha value is -2.54. The monoisotopic (exact) mass is 340 g/mol. The lowest BCUT2D eigenvalue weighted by Gasteiger charge is -2.31. The molecular formula is C18H21FN6. The van der Waals surface area contributed by atoms with E-state index in [9.17, 15) is 4.39 Å². The van der Waals surface area contributed by atoms with E-state index in [4.69, 9.17) is 0 Å². The minimum atomic E-state index is -0.228. The van der Waals surface area contributed by atoms with Gasteiger partial charge in [0, 0.05) is 30.6 Å². The third kappa shape index (κ3) is 3.19. The first kappa shape index (κ1) is 16.0. The number of H-pyrrole nitrogens is 1. The number of nitrogens with one attached hydrogen (secondary N) is 1. The standard InChI is InChI=1S/C18H21FN6/c1-24-12-21-23-18(24)13-6-8-25(9-7-13)11-14-10-20-22-17(14)15-4-2-3-5-16(15)19/h2-5,10,12-13H,6-9,11H2,1H3,(H,20,22). The summed E-state index contributed by atoms with van der Waals surface area (Å²) in [6, 6.07) is 6.81. The highest BCUT2D eigenvalue weighted by Gasteiger charge is 2.24. The van der Waals surface area contributed by atoms with E-state index in [2.05, 4.69) is 25.3 Å².